The highest BCUT2D eigenvalue weighted by molar-refractivity contribution is 5.86. The quantitative estimate of drug-likeness (QED) is 0.618. The Morgan fingerprint density at radius 2 is 2.06 bits per heavy atom. The van der Waals surface area contributed by atoms with E-state index in [-0.39, 0.29) is 5.97 Å². The number of hydrogen-bond acceptors (Lipinski definition) is 3. The van der Waals surface area contributed by atoms with Crippen molar-refractivity contribution >= 4 is 5.97 Å². The normalized spacial score (nSPS) is 18.1. The van der Waals surface area contributed by atoms with Crippen molar-refractivity contribution in [1.82, 2.24) is 9.97 Å². The lowest BCUT2D eigenvalue weighted by Crippen LogP contribution is -2.03. The maximum Gasteiger partial charge on any atom is 0.356 e. The molecule has 0 radical (unpaired) electrons. The Morgan fingerprint density at radius 3 is 2.69 bits per heavy atom. The summed E-state index contributed by atoms with van der Waals surface area (Å²) in [5, 5.41) is 0. The molecule has 1 N–H and O–H groups in total. The van der Waals surface area contributed by atoms with Crippen LogP contribution in [0.2, 0.25) is 0 Å². The number of methoxy groups -OCH3 is 1. The van der Waals surface area contributed by atoms with Gasteiger partial charge >= 0.3 is 5.97 Å². The highest BCUT2D eigenvalue weighted by atomic mass is 16.5. The first-order chi connectivity index (χ1) is 7.81. The number of carbonyl (C=O) groups is 1. The summed E-state index contributed by atoms with van der Waals surface area (Å²) in [4.78, 5) is 18.7. The monoisotopic (exact) mass is 222 g/mol. The molecular formula is C12H18N2O2. The van der Waals surface area contributed by atoms with Gasteiger partial charge < -0.3 is 9.72 Å². The molecule has 0 bridgehead atoms. The number of ether oxygens (including phenoxy) is 1. The van der Waals surface area contributed by atoms with Gasteiger partial charge in [0.2, 0.25) is 0 Å². The van der Waals surface area contributed by atoms with Crippen LogP contribution >= 0.6 is 0 Å². The van der Waals surface area contributed by atoms with Gasteiger partial charge in [-0.3, -0.25) is 0 Å². The molecule has 2 rings (SSSR count). The van der Waals surface area contributed by atoms with Crippen LogP contribution < -0.4 is 0 Å². The van der Waals surface area contributed by atoms with Crippen LogP contribution in [-0.4, -0.2) is 23.0 Å². The Balaban J connectivity index is 2.08. The molecule has 0 amide bonds. The summed E-state index contributed by atoms with van der Waals surface area (Å²) in [5.74, 6) is 1.09. The second-order valence-corrected chi connectivity index (χ2v) is 4.36. The molecule has 88 valence electrons. The van der Waals surface area contributed by atoms with Gasteiger partial charge in [0.25, 0.3) is 0 Å². The summed E-state index contributed by atoms with van der Waals surface area (Å²) in [6.07, 6.45) is 9.09. The topological polar surface area (TPSA) is 55.0 Å². The lowest BCUT2D eigenvalue weighted by atomic mass is 10.00. The smallest absolute Gasteiger partial charge is 0.356 e. The fourth-order valence-electron chi connectivity index (χ4n) is 2.31. The van der Waals surface area contributed by atoms with Crippen LogP contribution in [0.3, 0.4) is 0 Å². The minimum absolute atomic E-state index is 0.340. The summed E-state index contributed by atoms with van der Waals surface area (Å²) in [6.45, 7) is 0. The van der Waals surface area contributed by atoms with Crippen molar-refractivity contribution in [1.29, 1.82) is 0 Å². The number of rotatable bonds is 2. The van der Waals surface area contributed by atoms with Crippen LogP contribution in [0.1, 0.15) is 60.8 Å². The molecule has 0 saturated heterocycles. The van der Waals surface area contributed by atoms with Gasteiger partial charge in [0, 0.05) is 5.92 Å². The fraction of sp³-hybridized carbons (Fsp3) is 0.667. The standard InChI is InChI=1S/C12H18N2O2/c1-16-12(15)10-8-13-11(14-10)9-6-4-2-3-5-7-9/h8-9H,2-7H2,1H3,(H,13,14). The first-order valence-corrected chi connectivity index (χ1v) is 5.94. The molecule has 1 fully saturated rings. The summed E-state index contributed by atoms with van der Waals surface area (Å²) < 4.78 is 4.65. The zero-order chi connectivity index (χ0) is 11.4. The number of hydrogen-bond donors (Lipinski definition) is 1. The van der Waals surface area contributed by atoms with E-state index in [1.807, 2.05) is 0 Å². The molecule has 0 aromatic carbocycles. The maximum atomic E-state index is 11.3. The van der Waals surface area contributed by atoms with E-state index in [9.17, 15) is 4.79 Å². The second-order valence-electron chi connectivity index (χ2n) is 4.36. The number of carbonyl (C=O) groups excluding carboxylic acids is 1. The number of aromatic amines is 1. The number of nitrogens with zero attached hydrogens (tertiary/aromatic N) is 1. The minimum atomic E-state index is -0.340. The number of nitrogens with one attached hydrogen (secondary N) is 1. The Morgan fingerprint density at radius 1 is 1.38 bits per heavy atom. The molecule has 0 aliphatic heterocycles. The Bertz CT molecular complexity index is 352. The van der Waals surface area contributed by atoms with Gasteiger partial charge in [0.05, 0.1) is 13.3 Å². The maximum absolute atomic E-state index is 11.3. The van der Waals surface area contributed by atoms with Crippen molar-refractivity contribution in [2.24, 2.45) is 0 Å². The van der Waals surface area contributed by atoms with Gasteiger partial charge in [-0.05, 0) is 12.8 Å². The molecule has 16 heavy (non-hydrogen) atoms. The second kappa shape index (κ2) is 5.14. The van der Waals surface area contributed by atoms with Crippen molar-refractivity contribution < 1.29 is 9.53 Å². The van der Waals surface area contributed by atoms with Gasteiger partial charge in [0.15, 0.2) is 0 Å². The van der Waals surface area contributed by atoms with E-state index < -0.39 is 0 Å². The van der Waals surface area contributed by atoms with Gasteiger partial charge in [-0.15, -0.1) is 0 Å². The first kappa shape index (κ1) is 11.2. The van der Waals surface area contributed by atoms with Crippen LogP contribution in [0.5, 0.6) is 0 Å². The molecule has 0 spiro atoms. The Labute approximate surface area is 95.4 Å². The molecule has 4 nitrogen and oxygen atoms in total. The molecule has 1 aliphatic rings. The number of H-pyrrole nitrogens is 1. The first-order valence-electron chi connectivity index (χ1n) is 5.94. The van der Waals surface area contributed by atoms with Gasteiger partial charge in [-0.1, -0.05) is 25.7 Å². The average Bonchev–Trinajstić information content (AvgIpc) is 2.64. The molecule has 1 aliphatic carbocycles. The van der Waals surface area contributed by atoms with Crippen molar-refractivity contribution in [3.63, 3.8) is 0 Å². The van der Waals surface area contributed by atoms with Gasteiger partial charge in [-0.2, -0.15) is 0 Å². The third kappa shape index (κ3) is 2.43. The van der Waals surface area contributed by atoms with Crippen molar-refractivity contribution in [3.8, 4) is 0 Å². The van der Waals surface area contributed by atoms with E-state index in [2.05, 4.69) is 14.7 Å². The van der Waals surface area contributed by atoms with E-state index in [1.54, 1.807) is 6.20 Å². The summed E-state index contributed by atoms with van der Waals surface area (Å²) >= 11 is 0. The van der Waals surface area contributed by atoms with Gasteiger partial charge in [-0.25, -0.2) is 9.78 Å². The van der Waals surface area contributed by atoms with Crippen molar-refractivity contribution in [2.75, 3.05) is 7.11 Å². The third-order valence-electron chi connectivity index (χ3n) is 3.24. The van der Waals surface area contributed by atoms with Crippen molar-refractivity contribution in [3.05, 3.63) is 17.7 Å². The summed E-state index contributed by atoms with van der Waals surface area (Å²) in [6, 6.07) is 0. The zero-order valence-electron chi connectivity index (χ0n) is 9.66. The predicted molar refractivity (Wildman–Crippen MR) is 60.4 cm³/mol. The van der Waals surface area contributed by atoms with E-state index in [0.717, 1.165) is 5.82 Å². The molecule has 4 heteroatoms. The molecule has 1 aromatic rings. The van der Waals surface area contributed by atoms with E-state index in [4.69, 9.17) is 0 Å². The lowest BCUT2D eigenvalue weighted by Gasteiger charge is -2.09. The van der Waals surface area contributed by atoms with Gasteiger partial charge in [0.1, 0.15) is 11.5 Å². The average molecular weight is 222 g/mol. The highest BCUT2D eigenvalue weighted by Crippen LogP contribution is 2.29. The minimum Gasteiger partial charge on any atom is -0.464 e. The van der Waals surface area contributed by atoms with Crippen LogP contribution in [0.25, 0.3) is 0 Å². The van der Waals surface area contributed by atoms with Crippen LogP contribution in [0.4, 0.5) is 0 Å². The molecule has 0 atom stereocenters. The van der Waals surface area contributed by atoms with E-state index >= 15 is 0 Å². The van der Waals surface area contributed by atoms with Crippen LogP contribution in [0, 0.1) is 0 Å². The number of aromatic nitrogens is 2. The molecule has 1 heterocycles. The summed E-state index contributed by atoms with van der Waals surface area (Å²) in [7, 11) is 1.38. The summed E-state index contributed by atoms with van der Waals surface area (Å²) in [5.41, 5.74) is 0.460. The molecular weight excluding hydrogens is 204 g/mol. The molecule has 0 unspecified atom stereocenters. The predicted octanol–water partition coefficient (Wildman–Crippen LogP) is 2.63. The Kier molecular flexibility index (Phi) is 3.59. The number of imidazole rings is 1. The Hall–Kier alpha value is -1.32. The third-order valence-corrected chi connectivity index (χ3v) is 3.24. The SMILES string of the molecule is COC(=O)c1cnc(C2CCCCCC2)[nH]1. The van der Waals surface area contributed by atoms with E-state index in [1.165, 1.54) is 45.6 Å². The van der Waals surface area contributed by atoms with Crippen LogP contribution in [0.15, 0.2) is 6.20 Å². The number of esters is 1. The van der Waals surface area contributed by atoms with Crippen LogP contribution in [-0.2, 0) is 4.74 Å². The lowest BCUT2D eigenvalue weighted by molar-refractivity contribution is 0.0594. The molecule has 1 aromatic heterocycles. The largest absolute Gasteiger partial charge is 0.464 e. The fourth-order valence-corrected chi connectivity index (χ4v) is 2.31. The van der Waals surface area contributed by atoms with Crippen molar-refractivity contribution in [2.45, 2.75) is 44.4 Å². The van der Waals surface area contributed by atoms with E-state index in [0.29, 0.717) is 11.6 Å². The zero-order valence-corrected chi connectivity index (χ0v) is 9.66. The highest BCUT2D eigenvalue weighted by Gasteiger charge is 2.18. The molecule has 1 saturated carbocycles.